The Morgan fingerprint density at radius 3 is 2.47 bits per heavy atom. The highest BCUT2D eigenvalue weighted by Gasteiger charge is 2.25. The van der Waals surface area contributed by atoms with Crippen molar-refractivity contribution in [3.05, 3.63) is 48.2 Å². The number of aromatic nitrogens is 4. The number of ether oxygens (including phenoxy) is 1. The Balaban J connectivity index is 1.48. The van der Waals surface area contributed by atoms with Gasteiger partial charge in [0.15, 0.2) is 5.82 Å². The molecule has 1 fully saturated rings. The van der Waals surface area contributed by atoms with Crippen molar-refractivity contribution in [3.63, 3.8) is 0 Å². The van der Waals surface area contributed by atoms with E-state index in [-0.39, 0.29) is 17.8 Å². The number of nitrogens with zero attached hydrogens (tertiary/aromatic N) is 4. The molecule has 7 nitrogen and oxygen atoms in total. The van der Waals surface area contributed by atoms with Crippen molar-refractivity contribution >= 4 is 17.6 Å². The Kier molecular flexibility index (Phi) is 5.38. The number of aromatic amines is 1. The maximum atomic E-state index is 13.4. The lowest BCUT2D eigenvalue weighted by atomic mass is 10.1. The van der Waals surface area contributed by atoms with Crippen LogP contribution in [0.4, 0.5) is 26.4 Å². The van der Waals surface area contributed by atoms with Gasteiger partial charge in [0.2, 0.25) is 5.95 Å². The molecule has 9 heteroatoms. The van der Waals surface area contributed by atoms with Crippen molar-refractivity contribution in [2.24, 2.45) is 0 Å². The SMILES string of the molecule is C[C@@H]1CN(c2nccc(Nc3cc(-c4ccc(C(C)(F)F)cc4)[nH]n3)n2)C[C@H](C)O1. The second kappa shape index (κ2) is 7.98. The molecular formula is C21H24F2N6O. The van der Waals surface area contributed by atoms with E-state index in [9.17, 15) is 8.78 Å². The van der Waals surface area contributed by atoms with Gasteiger partial charge in [0.05, 0.1) is 17.9 Å². The third-order valence-electron chi connectivity index (χ3n) is 4.88. The predicted octanol–water partition coefficient (Wildman–Crippen LogP) is 4.34. The first-order valence-electron chi connectivity index (χ1n) is 9.82. The number of nitrogens with one attached hydrogen (secondary N) is 2. The van der Waals surface area contributed by atoms with E-state index in [1.165, 1.54) is 12.1 Å². The van der Waals surface area contributed by atoms with Gasteiger partial charge >= 0.3 is 0 Å². The molecule has 1 aliphatic heterocycles. The molecule has 1 aliphatic rings. The zero-order chi connectivity index (χ0) is 21.3. The average molecular weight is 414 g/mol. The molecule has 0 radical (unpaired) electrons. The standard InChI is InChI=1S/C21H24F2N6O/c1-13-11-29(12-14(2)30-13)20-24-9-8-18(26-20)25-19-10-17(27-28-19)15-4-6-16(7-5-15)21(3,22)23/h4-10,13-14H,11-12H2,1-3H3,(H2,24,25,26,27,28)/t13-,14+. The van der Waals surface area contributed by atoms with Crippen molar-refractivity contribution in [1.29, 1.82) is 0 Å². The molecule has 3 aromatic rings. The smallest absolute Gasteiger partial charge is 0.270 e. The molecule has 30 heavy (non-hydrogen) atoms. The van der Waals surface area contributed by atoms with Gasteiger partial charge in [0, 0.05) is 37.8 Å². The predicted molar refractivity (Wildman–Crippen MR) is 111 cm³/mol. The van der Waals surface area contributed by atoms with Gasteiger partial charge in [0.25, 0.3) is 5.92 Å². The lowest BCUT2D eigenvalue weighted by molar-refractivity contribution is -0.00572. The Bertz CT molecular complexity index is 991. The number of H-pyrrole nitrogens is 1. The fourth-order valence-electron chi connectivity index (χ4n) is 3.52. The minimum absolute atomic E-state index is 0.0237. The van der Waals surface area contributed by atoms with E-state index < -0.39 is 5.92 Å². The first-order chi connectivity index (χ1) is 14.3. The van der Waals surface area contributed by atoms with Crippen molar-refractivity contribution in [2.45, 2.75) is 38.9 Å². The summed E-state index contributed by atoms with van der Waals surface area (Å²) >= 11 is 0. The Morgan fingerprint density at radius 2 is 1.80 bits per heavy atom. The van der Waals surface area contributed by atoms with Gasteiger partial charge in [-0.1, -0.05) is 24.3 Å². The van der Waals surface area contributed by atoms with Crippen LogP contribution in [0.3, 0.4) is 0 Å². The van der Waals surface area contributed by atoms with E-state index in [0.29, 0.717) is 23.3 Å². The van der Waals surface area contributed by atoms with Crippen LogP contribution in [-0.4, -0.2) is 45.5 Å². The summed E-state index contributed by atoms with van der Waals surface area (Å²) < 4.78 is 32.6. The van der Waals surface area contributed by atoms with Gasteiger partial charge in [0.1, 0.15) is 5.82 Å². The number of rotatable bonds is 5. The fourth-order valence-corrected chi connectivity index (χ4v) is 3.52. The minimum atomic E-state index is -2.86. The first kappa shape index (κ1) is 20.2. The Labute approximate surface area is 173 Å². The molecule has 1 aromatic carbocycles. The number of halogens is 2. The molecule has 3 heterocycles. The molecule has 4 rings (SSSR count). The summed E-state index contributed by atoms with van der Waals surface area (Å²) in [5, 5.41) is 10.3. The third-order valence-corrected chi connectivity index (χ3v) is 4.88. The van der Waals surface area contributed by atoms with E-state index in [4.69, 9.17) is 4.74 Å². The number of benzene rings is 1. The molecule has 0 bridgehead atoms. The maximum Gasteiger partial charge on any atom is 0.270 e. The number of anilines is 3. The molecule has 0 spiro atoms. The quantitative estimate of drug-likeness (QED) is 0.647. The van der Waals surface area contributed by atoms with E-state index >= 15 is 0 Å². The van der Waals surface area contributed by atoms with Crippen LogP contribution < -0.4 is 10.2 Å². The van der Waals surface area contributed by atoms with Crippen LogP contribution in [0, 0.1) is 0 Å². The van der Waals surface area contributed by atoms with Gasteiger partial charge in [-0.25, -0.2) is 13.8 Å². The lowest BCUT2D eigenvalue weighted by Gasteiger charge is -2.35. The van der Waals surface area contributed by atoms with Crippen LogP contribution in [0.2, 0.25) is 0 Å². The van der Waals surface area contributed by atoms with Gasteiger partial charge in [-0.3, -0.25) is 5.10 Å². The van der Waals surface area contributed by atoms with Crippen LogP contribution in [0.5, 0.6) is 0 Å². The highest BCUT2D eigenvalue weighted by Crippen LogP contribution is 2.29. The molecule has 2 N–H and O–H groups in total. The molecule has 2 atom stereocenters. The van der Waals surface area contributed by atoms with Crippen molar-refractivity contribution < 1.29 is 13.5 Å². The monoisotopic (exact) mass is 414 g/mol. The van der Waals surface area contributed by atoms with Gasteiger partial charge in [-0.15, -0.1) is 0 Å². The van der Waals surface area contributed by atoms with Crippen LogP contribution in [0.15, 0.2) is 42.6 Å². The van der Waals surface area contributed by atoms with E-state index in [2.05, 4.69) is 30.4 Å². The van der Waals surface area contributed by atoms with Crippen LogP contribution >= 0.6 is 0 Å². The van der Waals surface area contributed by atoms with Crippen LogP contribution in [-0.2, 0) is 10.7 Å². The second-order valence-electron chi connectivity index (χ2n) is 7.66. The summed E-state index contributed by atoms with van der Waals surface area (Å²) in [5.74, 6) is -1.04. The summed E-state index contributed by atoms with van der Waals surface area (Å²) in [6, 6.07) is 9.71. The van der Waals surface area contributed by atoms with Gasteiger partial charge < -0.3 is 15.0 Å². The van der Waals surface area contributed by atoms with Gasteiger partial charge in [-0.2, -0.15) is 10.1 Å². The third kappa shape index (κ3) is 4.56. The number of alkyl halides is 2. The van der Waals surface area contributed by atoms with Crippen molar-refractivity contribution in [3.8, 4) is 11.3 Å². The maximum absolute atomic E-state index is 13.4. The summed E-state index contributed by atoms with van der Waals surface area (Å²) in [6.07, 6.45) is 1.93. The summed E-state index contributed by atoms with van der Waals surface area (Å²) in [7, 11) is 0. The molecule has 0 aliphatic carbocycles. The van der Waals surface area contributed by atoms with Gasteiger partial charge in [-0.05, 0) is 25.5 Å². The van der Waals surface area contributed by atoms with Crippen LogP contribution in [0.1, 0.15) is 26.3 Å². The van der Waals surface area contributed by atoms with E-state index in [1.54, 1.807) is 30.5 Å². The first-order valence-corrected chi connectivity index (χ1v) is 9.82. The second-order valence-corrected chi connectivity index (χ2v) is 7.66. The van der Waals surface area contributed by atoms with Crippen molar-refractivity contribution in [2.75, 3.05) is 23.3 Å². The normalized spacial score (nSPS) is 19.7. The highest BCUT2D eigenvalue weighted by molar-refractivity contribution is 5.65. The zero-order valence-corrected chi connectivity index (χ0v) is 17.1. The topological polar surface area (TPSA) is 79.0 Å². The molecule has 0 saturated carbocycles. The number of morpholine rings is 1. The molecular weight excluding hydrogens is 390 g/mol. The lowest BCUT2D eigenvalue weighted by Crippen LogP contribution is -2.46. The molecule has 158 valence electrons. The average Bonchev–Trinajstić information content (AvgIpc) is 3.15. The molecule has 0 unspecified atom stereocenters. The zero-order valence-electron chi connectivity index (χ0n) is 17.1. The summed E-state index contributed by atoms with van der Waals surface area (Å²) in [6.45, 7) is 6.41. The minimum Gasteiger partial charge on any atom is -0.372 e. The fraction of sp³-hybridized carbons (Fsp3) is 0.381. The number of hydrogen-bond acceptors (Lipinski definition) is 6. The van der Waals surface area contributed by atoms with E-state index in [1.807, 2.05) is 13.8 Å². The molecule has 2 aromatic heterocycles. The molecule has 1 saturated heterocycles. The Morgan fingerprint density at radius 1 is 1.10 bits per heavy atom. The van der Waals surface area contributed by atoms with Crippen molar-refractivity contribution in [1.82, 2.24) is 20.2 Å². The largest absolute Gasteiger partial charge is 0.372 e. The molecule has 0 amide bonds. The van der Waals surface area contributed by atoms with Crippen LogP contribution in [0.25, 0.3) is 11.3 Å². The Hall–Kier alpha value is -3.07. The van der Waals surface area contributed by atoms with E-state index in [0.717, 1.165) is 25.6 Å². The highest BCUT2D eigenvalue weighted by atomic mass is 19.3. The number of hydrogen-bond donors (Lipinski definition) is 2. The summed E-state index contributed by atoms with van der Waals surface area (Å²) in [4.78, 5) is 11.1. The summed E-state index contributed by atoms with van der Waals surface area (Å²) in [5.41, 5.74) is 1.46.